The molecule has 0 aliphatic heterocycles. The molecule has 0 amide bonds. The van der Waals surface area contributed by atoms with Gasteiger partial charge in [-0.25, -0.2) is 4.79 Å². The van der Waals surface area contributed by atoms with Crippen LogP contribution in [0, 0.1) is 5.41 Å². The molecule has 0 heterocycles. The number of rotatable bonds is 5. The van der Waals surface area contributed by atoms with Crippen molar-refractivity contribution in [1.82, 2.24) is 0 Å². The quantitative estimate of drug-likeness (QED) is 0.644. The van der Waals surface area contributed by atoms with E-state index in [1.807, 2.05) is 0 Å². The molecule has 0 unspecified atom stereocenters. The van der Waals surface area contributed by atoms with E-state index in [4.69, 9.17) is 10.5 Å². The Morgan fingerprint density at radius 1 is 1.50 bits per heavy atom. The SMILES string of the molecule is CC(C)(C)CCOC(=O)[C@@H](O)CCN. The van der Waals surface area contributed by atoms with Crippen molar-refractivity contribution in [1.29, 1.82) is 0 Å². The summed E-state index contributed by atoms with van der Waals surface area (Å²) in [7, 11) is 0. The second kappa shape index (κ2) is 5.98. The fraction of sp³-hybridized carbons (Fsp3) is 0.900. The van der Waals surface area contributed by atoms with Gasteiger partial charge in [0, 0.05) is 0 Å². The van der Waals surface area contributed by atoms with Gasteiger partial charge in [0.15, 0.2) is 6.10 Å². The van der Waals surface area contributed by atoms with Crippen LogP contribution in [0.2, 0.25) is 0 Å². The number of hydrogen-bond acceptors (Lipinski definition) is 4. The van der Waals surface area contributed by atoms with Crippen LogP contribution >= 0.6 is 0 Å². The molecule has 0 bridgehead atoms. The molecule has 4 heteroatoms. The lowest BCUT2D eigenvalue weighted by molar-refractivity contribution is -0.154. The highest BCUT2D eigenvalue weighted by molar-refractivity contribution is 5.74. The Morgan fingerprint density at radius 3 is 2.50 bits per heavy atom. The van der Waals surface area contributed by atoms with Gasteiger partial charge in [-0.15, -0.1) is 0 Å². The van der Waals surface area contributed by atoms with E-state index in [1.54, 1.807) is 0 Å². The van der Waals surface area contributed by atoms with E-state index in [0.29, 0.717) is 6.61 Å². The predicted octanol–water partition coefficient (Wildman–Crippen LogP) is 0.676. The predicted molar refractivity (Wildman–Crippen MR) is 54.7 cm³/mol. The lowest BCUT2D eigenvalue weighted by Gasteiger charge is -2.18. The van der Waals surface area contributed by atoms with Crippen LogP contribution in [0.25, 0.3) is 0 Å². The second-order valence-corrected chi connectivity index (χ2v) is 4.57. The van der Waals surface area contributed by atoms with Crippen molar-refractivity contribution in [2.75, 3.05) is 13.2 Å². The molecule has 0 spiro atoms. The first-order valence-electron chi connectivity index (χ1n) is 4.91. The number of ether oxygens (including phenoxy) is 1. The van der Waals surface area contributed by atoms with Crippen LogP contribution in [-0.4, -0.2) is 30.3 Å². The minimum atomic E-state index is -1.07. The fourth-order valence-electron chi connectivity index (χ4n) is 0.830. The maximum absolute atomic E-state index is 11.1. The van der Waals surface area contributed by atoms with Gasteiger partial charge in [-0.3, -0.25) is 0 Å². The maximum atomic E-state index is 11.1. The first kappa shape index (κ1) is 13.4. The average Bonchev–Trinajstić information content (AvgIpc) is 2.02. The summed E-state index contributed by atoms with van der Waals surface area (Å²) in [5, 5.41) is 9.19. The van der Waals surface area contributed by atoms with Gasteiger partial charge >= 0.3 is 5.97 Å². The second-order valence-electron chi connectivity index (χ2n) is 4.57. The third-order valence-corrected chi connectivity index (χ3v) is 1.81. The summed E-state index contributed by atoms with van der Waals surface area (Å²) < 4.78 is 4.89. The van der Waals surface area contributed by atoms with Crippen molar-refractivity contribution in [3.8, 4) is 0 Å². The Morgan fingerprint density at radius 2 is 2.07 bits per heavy atom. The number of aliphatic hydroxyl groups excluding tert-OH is 1. The van der Waals surface area contributed by atoms with Gasteiger partial charge < -0.3 is 15.6 Å². The standard InChI is InChI=1S/C10H21NO3/c1-10(2,3)5-7-14-9(13)8(12)4-6-11/h8,12H,4-7,11H2,1-3H3/t8-/m0/s1. The molecule has 0 rings (SSSR count). The normalized spacial score (nSPS) is 13.8. The molecule has 0 aromatic carbocycles. The smallest absolute Gasteiger partial charge is 0.335 e. The molecule has 0 aliphatic carbocycles. The Hall–Kier alpha value is -0.610. The zero-order valence-electron chi connectivity index (χ0n) is 9.25. The molecule has 0 fully saturated rings. The highest BCUT2D eigenvalue weighted by atomic mass is 16.5. The molecule has 0 aromatic rings. The largest absolute Gasteiger partial charge is 0.464 e. The first-order valence-corrected chi connectivity index (χ1v) is 4.91. The number of carbonyl (C=O) groups is 1. The molecular formula is C10H21NO3. The molecule has 1 atom stereocenters. The van der Waals surface area contributed by atoms with E-state index >= 15 is 0 Å². The van der Waals surface area contributed by atoms with Crippen LogP contribution in [-0.2, 0) is 9.53 Å². The third-order valence-electron chi connectivity index (χ3n) is 1.81. The Bertz CT molecular complexity index is 175. The summed E-state index contributed by atoms with van der Waals surface area (Å²) in [5.74, 6) is -0.570. The van der Waals surface area contributed by atoms with Gasteiger partial charge in [0.2, 0.25) is 0 Å². The van der Waals surface area contributed by atoms with E-state index in [-0.39, 0.29) is 18.4 Å². The van der Waals surface area contributed by atoms with Crippen LogP contribution in [0.1, 0.15) is 33.6 Å². The van der Waals surface area contributed by atoms with E-state index in [2.05, 4.69) is 20.8 Å². The summed E-state index contributed by atoms with van der Waals surface area (Å²) >= 11 is 0. The molecule has 4 nitrogen and oxygen atoms in total. The Labute approximate surface area is 85.4 Å². The molecule has 0 saturated heterocycles. The number of aliphatic hydroxyl groups is 1. The number of carbonyl (C=O) groups excluding carboxylic acids is 1. The topological polar surface area (TPSA) is 72.5 Å². The number of hydrogen-bond donors (Lipinski definition) is 2. The zero-order valence-corrected chi connectivity index (χ0v) is 9.25. The molecule has 14 heavy (non-hydrogen) atoms. The van der Waals surface area contributed by atoms with Gasteiger partial charge in [-0.2, -0.15) is 0 Å². The molecule has 0 aliphatic rings. The van der Waals surface area contributed by atoms with Gasteiger partial charge in [0.05, 0.1) is 6.61 Å². The van der Waals surface area contributed by atoms with Crippen LogP contribution in [0.15, 0.2) is 0 Å². The lowest BCUT2D eigenvalue weighted by Crippen LogP contribution is -2.26. The minimum absolute atomic E-state index is 0.138. The minimum Gasteiger partial charge on any atom is -0.464 e. The molecule has 0 aromatic heterocycles. The Balaban J connectivity index is 3.64. The molecular weight excluding hydrogens is 182 g/mol. The van der Waals surface area contributed by atoms with Crippen LogP contribution in [0.4, 0.5) is 0 Å². The summed E-state index contributed by atoms with van der Waals surface area (Å²) in [4.78, 5) is 11.1. The first-order chi connectivity index (χ1) is 6.37. The third kappa shape index (κ3) is 6.86. The summed E-state index contributed by atoms with van der Waals surface area (Å²) in [5.41, 5.74) is 5.34. The summed E-state index contributed by atoms with van der Waals surface area (Å²) in [6.07, 6.45) is -0.0254. The maximum Gasteiger partial charge on any atom is 0.335 e. The van der Waals surface area contributed by atoms with Crippen molar-refractivity contribution >= 4 is 5.97 Å². The van der Waals surface area contributed by atoms with Gasteiger partial charge in [0.1, 0.15) is 0 Å². The fourth-order valence-corrected chi connectivity index (χ4v) is 0.830. The van der Waals surface area contributed by atoms with E-state index in [1.165, 1.54) is 0 Å². The van der Waals surface area contributed by atoms with E-state index in [9.17, 15) is 9.90 Å². The molecule has 3 N–H and O–H groups in total. The van der Waals surface area contributed by atoms with Crippen molar-refractivity contribution < 1.29 is 14.6 Å². The summed E-state index contributed by atoms with van der Waals surface area (Å²) in [6.45, 7) is 6.84. The van der Waals surface area contributed by atoms with E-state index in [0.717, 1.165) is 6.42 Å². The van der Waals surface area contributed by atoms with Crippen molar-refractivity contribution in [3.63, 3.8) is 0 Å². The molecule has 0 radical (unpaired) electrons. The zero-order chi connectivity index (χ0) is 11.2. The Kier molecular flexibility index (Phi) is 5.72. The highest BCUT2D eigenvalue weighted by Gasteiger charge is 2.17. The molecule has 84 valence electrons. The lowest BCUT2D eigenvalue weighted by atomic mass is 9.93. The summed E-state index contributed by atoms with van der Waals surface area (Å²) in [6, 6.07) is 0. The van der Waals surface area contributed by atoms with E-state index < -0.39 is 12.1 Å². The highest BCUT2D eigenvalue weighted by Crippen LogP contribution is 2.18. The van der Waals surface area contributed by atoms with Crippen LogP contribution in [0.3, 0.4) is 0 Å². The van der Waals surface area contributed by atoms with Crippen molar-refractivity contribution in [3.05, 3.63) is 0 Å². The van der Waals surface area contributed by atoms with Gasteiger partial charge in [-0.1, -0.05) is 20.8 Å². The van der Waals surface area contributed by atoms with Crippen LogP contribution < -0.4 is 5.73 Å². The number of nitrogens with two attached hydrogens (primary N) is 1. The van der Waals surface area contributed by atoms with Crippen molar-refractivity contribution in [2.45, 2.75) is 39.7 Å². The monoisotopic (exact) mass is 203 g/mol. The van der Waals surface area contributed by atoms with Crippen molar-refractivity contribution in [2.24, 2.45) is 11.1 Å². The molecule has 0 saturated carbocycles. The average molecular weight is 203 g/mol. The van der Waals surface area contributed by atoms with Crippen LogP contribution in [0.5, 0.6) is 0 Å². The number of esters is 1. The van der Waals surface area contributed by atoms with Gasteiger partial charge in [0.25, 0.3) is 0 Å². The van der Waals surface area contributed by atoms with Gasteiger partial charge in [-0.05, 0) is 24.8 Å².